The summed E-state index contributed by atoms with van der Waals surface area (Å²) in [6.07, 6.45) is 8.38. The smallest absolute Gasteiger partial charge is 0.227 e. The van der Waals surface area contributed by atoms with Crippen molar-refractivity contribution in [2.75, 3.05) is 49.1 Å². The van der Waals surface area contributed by atoms with Gasteiger partial charge in [0.2, 0.25) is 11.9 Å². The number of carbonyl (C=O) groups excluding carboxylic acids is 1. The Hall–Kier alpha value is -1.85. The highest BCUT2D eigenvalue weighted by Crippen LogP contribution is 2.20. The number of hydrogen-bond acceptors (Lipinski definition) is 5. The zero-order chi connectivity index (χ0) is 16.8. The number of piperidine rings is 1. The molecule has 24 heavy (non-hydrogen) atoms. The van der Waals surface area contributed by atoms with Gasteiger partial charge in [0.25, 0.3) is 0 Å². The second-order valence-electron chi connectivity index (χ2n) is 6.73. The number of anilines is 2. The highest BCUT2D eigenvalue weighted by molar-refractivity contribution is 5.76. The molecule has 2 aliphatic rings. The molecule has 0 saturated carbocycles. The molecule has 6 nitrogen and oxygen atoms in total. The van der Waals surface area contributed by atoms with Crippen molar-refractivity contribution < 1.29 is 4.79 Å². The van der Waals surface area contributed by atoms with Gasteiger partial charge in [-0.15, -0.1) is 0 Å². The second kappa shape index (κ2) is 8.31. The Morgan fingerprint density at radius 1 is 1.04 bits per heavy atom. The van der Waals surface area contributed by atoms with Crippen LogP contribution >= 0.6 is 0 Å². The first-order valence-corrected chi connectivity index (χ1v) is 9.38. The predicted octanol–water partition coefficient (Wildman–Crippen LogP) is 2.31. The quantitative estimate of drug-likeness (QED) is 0.829. The van der Waals surface area contributed by atoms with E-state index in [2.05, 4.69) is 21.7 Å². The summed E-state index contributed by atoms with van der Waals surface area (Å²) in [6.45, 7) is 7.55. The molecule has 0 N–H and O–H groups in total. The lowest BCUT2D eigenvalue weighted by Crippen LogP contribution is -2.49. The molecular formula is C18H29N5O. The summed E-state index contributed by atoms with van der Waals surface area (Å²) in [6, 6.07) is 1.99. The minimum absolute atomic E-state index is 0.299. The zero-order valence-electron chi connectivity index (χ0n) is 14.8. The first-order valence-electron chi connectivity index (χ1n) is 9.38. The highest BCUT2D eigenvalue weighted by atomic mass is 16.2. The normalized spacial score (nSPS) is 18.8. The van der Waals surface area contributed by atoms with Crippen LogP contribution in [0.15, 0.2) is 12.3 Å². The average Bonchev–Trinajstić information content (AvgIpc) is 2.67. The number of rotatable bonds is 5. The van der Waals surface area contributed by atoms with Crippen LogP contribution in [0.1, 0.15) is 45.4 Å². The van der Waals surface area contributed by atoms with Crippen molar-refractivity contribution in [2.24, 2.45) is 0 Å². The molecule has 132 valence electrons. The predicted molar refractivity (Wildman–Crippen MR) is 96.4 cm³/mol. The summed E-state index contributed by atoms with van der Waals surface area (Å²) in [4.78, 5) is 27.9. The third-order valence-corrected chi connectivity index (χ3v) is 4.97. The second-order valence-corrected chi connectivity index (χ2v) is 6.73. The van der Waals surface area contributed by atoms with Crippen LogP contribution in [0.5, 0.6) is 0 Å². The lowest BCUT2D eigenvalue weighted by molar-refractivity contribution is -0.131. The topological polar surface area (TPSA) is 52.6 Å². The van der Waals surface area contributed by atoms with E-state index in [1.165, 1.54) is 19.3 Å². The van der Waals surface area contributed by atoms with Crippen LogP contribution < -0.4 is 9.80 Å². The van der Waals surface area contributed by atoms with Crippen LogP contribution in [0.2, 0.25) is 0 Å². The fourth-order valence-electron chi connectivity index (χ4n) is 3.43. The number of unbranched alkanes of at least 4 members (excludes halogenated alkanes) is 1. The number of aromatic nitrogens is 2. The maximum atomic E-state index is 12.1. The summed E-state index contributed by atoms with van der Waals surface area (Å²) < 4.78 is 0. The van der Waals surface area contributed by atoms with Crippen molar-refractivity contribution in [3.8, 4) is 0 Å². The summed E-state index contributed by atoms with van der Waals surface area (Å²) >= 11 is 0. The van der Waals surface area contributed by atoms with E-state index in [0.717, 1.165) is 63.9 Å². The Kier molecular flexibility index (Phi) is 5.88. The van der Waals surface area contributed by atoms with Crippen LogP contribution in [-0.4, -0.2) is 60.0 Å². The third kappa shape index (κ3) is 4.16. The van der Waals surface area contributed by atoms with Crippen molar-refractivity contribution in [1.29, 1.82) is 0 Å². The van der Waals surface area contributed by atoms with Gasteiger partial charge in [0.15, 0.2) is 0 Å². The molecule has 3 heterocycles. The average molecular weight is 331 g/mol. The Bertz CT molecular complexity index is 536. The Morgan fingerprint density at radius 3 is 2.50 bits per heavy atom. The third-order valence-electron chi connectivity index (χ3n) is 4.97. The Morgan fingerprint density at radius 2 is 1.79 bits per heavy atom. The van der Waals surface area contributed by atoms with Gasteiger partial charge < -0.3 is 14.7 Å². The fraction of sp³-hybridized carbons (Fsp3) is 0.722. The Labute approximate surface area is 144 Å². The minimum Gasteiger partial charge on any atom is -0.353 e. The maximum Gasteiger partial charge on any atom is 0.227 e. The van der Waals surface area contributed by atoms with Gasteiger partial charge in [0, 0.05) is 51.9 Å². The van der Waals surface area contributed by atoms with E-state index < -0.39 is 0 Å². The van der Waals surface area contributed by atoms with Gasteiger partial charge in [-0.2, -0.15) is 4.98 Å². The fourth-order valence-corrected chi connectivity index (χ4v) is 3.43. The standard InChI is InChI=1S/C18H29N5O/c1-2-3-7-17(24)22-14-12-21(13-15-22)16-8-9-19-18(20-16)23-10-5-4-6-11-23/h8-9H,2-7,10-15H2,1H3. The molecule has 0 atom stereocenters. The highest BCUT2D eigenvalue weighted by Gasteiger charge is 2.22. The lowest BCUT2D eigenvalue weighted by Gasteiger charge is -2.36. The van der Waals surface area contributed by atoms with Gasteiger partial charge in [0.05, 0.1) is 0 Å². The molecule has 1 aromatic heterocycles. The van der Waals surface area contributed by atoms with Crippen LogP contribution in [0.3, 0.4) is 0 Å². The van der Waals surface area contributed by atoms with Gasteiger partial charge in [-0.3, -0.25) is 4.79 Å². The van der Waals surface area contributed by atoms with Crippen LogP contribution in [0.4, 0.5) is 11.8 Å². The van der Waals surface area contributed by atoms with Gasteiger partial charge in [0.1, 0.15) is 5.82 Å². The summed E-state index contributed by atoms with van der Waals surface area (Å²) in [5.41, 5.74) is 0. The van der Waals surface area contributed by atoms with Gasteiger partial charge in [-0.25, -0.2) is 4.98 Å². The van der Waals surface area contributed by atoms with Gasteiger partial charge in [-0.1, -0.05) is 13.3 Å². The SMILES string of the molecule is CCCCC(=O)N1CCN(c2ccnc(N3CCCCC3)n2)CC1. The van der Waals surface area contributed by atoms with E-state index in [1.807, 2.05) is 17.2 Å². The number of piperazine rings is 1. The molecule has 3 rings (SSSR count). The Balaban J connectivity index is 1.57. The van der Waals surface area contributed by atoms with Crippen LogP contribution in [-0.2, 0) is 4.79 Å². The maximum absolute atomic E-state index is 12.1. The van der Waals surface area contributed by atoms with Crippen molar-refractivity contribution in [2.45, 2.75) is 45.4 Å². The summed E-state index contributed by atoms with van der Waals surface area (Å²) in [5, 5.41) is 0. The van der Waals surface area contributed by atoms with Crippen molar-refractivity contribution in [1.82, 2.24) is 14.9 Å². The number of carbonyl (C=O) groups is 1. The number of nitrogens with zero attached hydrogens (tertiary/aromatic N) is 5. The van der Waals surface area contributed by atoms with E-state index in [4.69, 9.17) is 4.98 Å². The molecule has 0 bridgehead atoms. The monoisotopic (exact) mass is 331 g/mol. The molecule has 2 fully saturated rings. The number of hydrogen-bond donors (Lipinski definition) is 0. The molecule has 1 amide bonds. The summed E-state index contributed by atoms with van der Waals surface area (Å²) in [7, 11) is 0. The van der Waals surface area contributed by atoms with Crippen molar-refractivity contribution in [3.05, 3.63) is 12.3 Å². The first kappa shape index (κ1) is 17.0. The van der Waals surface area contributed by atoms with E-state index >= 15 is 0 Å². The van der Waals surface area contributed by atoms with Crippen molar-refractivity contribution in [3.63, 3.8) is 0 Å². The van der Waals surface area contributed by atoms with E-state index in [9.17, 15) is 4.79 Å². The van der Waals surface area contributed by atoms with Crippen LogP contribution in [0, 0.1) is 0 Å². The number of amides is 1. The molecule has 0 unspecified atom stereocenters. The molecule has 1 aromatic rings. The zero-order valence-corrected chi connectivity index (χ0v) is 14.8. The molecule has 0 aliphatic carbocycles. The van der Waals surface area contributed by atoms with Crippen LogP contribution in [0.25, 0.3) is 0 Å². The van der Waals surface area contributed by atoms with E-state index in [-0.39, 0.29) is 0 Å². The molecule has 0 spiro atoms. The first-order chi connectivity index (χ1) is 11.8. The molecule has 6 heteroatoms. The molecular weight excluding hydrogens is 302 g/mol. The molecule has 0 radical (unpaired) electrons. The van der Waals surface area contributed by atoms with E-state index in [1.54, 1.807) is 0 Å². The molecule has 2 saturated heterocycles. The van der Waals surface area contributed by atoms with Gasteiger partial charge in [-0.05, 0) is 31.7 Å². The largest absolute Gasteiger partial charge is 0.353 e. The minimum atomic E-state index is 0.299. The lowest BCUT2D eigenvalue weighted by atomic mass is 10.1. The van der Waals surface area contributed by atoms with E-state index in [0.29, 0.717) is 12.3 Å². The van der Waals surface area contributed by atoms with Crippen molar-refractivity contribution >= 4 is 17.7 Å². The molecule has 0 aromatic carbocycles. The molecule has 2 aliphatic heterocycles. The van der Waals surface area contributed by atoms with Gasteiger partial charge >= 0.3 is 0 Å². The summed E-state index contributed by atoms with van der Waals surface area (Å²) in [5.74, 6) is 2.15.